The van der Waals surface area contributed by atoms with E-state index in [2.05, 4.69) is 38.2 Å². The molecular formula is C42H62N2Na8O54S8. The normalized spacial score (nSPS) is 30.1. The van der Waals surface area contributed by atoms with E-state index in [0.717, 1.165) is 6.92 Å². The molecule has 9 N–H and O–H groups in total. The van der Waals surface area contributed by atoms with Crippen LogP contribution in [0.5, 0.6) is 0 Å². The van der Waals surface area contributed by atoms with Crippen LogP contribution in [-0.4, -0.2) is 363 Å². The Bertz CT molecular complexity index is 4040. The van der Waals surface area contributed by atoms with Crippen LogP contribution >= 0.6 is 0 Å². The Morgan fingerprint density at radius 3 is 1.32 bits per heavy atom. The summed E-state index contributed by atoms with van der Waals surface area (Å²) in [7, 11) is -48.5. The van der Waals surface area contributed by atoms with Gasteiger partial charge in [-0.25, -0.2) is 76.9 Å². The largest absolute Gasteiger partial charge is 1.00 e. The van der Waals surface area contributed by atoms with Crippen molar-refractivity contribution in [1.29, 1.82) is 0 Å². The average molecular weight is 1900 g/mol. The van der Waals surface area contributed by atoms with Gasteiger partial charge in [0.25, 0.3) is 0 Å². The summed E-state index contributed by atoms with van der Waals surface area (Å²) in [5.74, 6) is -8.31. The molecule has 4 heterocycles. The SMILES string of the molecule is COC(=O)/C(O)=C/[C@H](O[C@@H]1OC(C)[C@@H](OS(=O)(=O)[O-])[C@H](O)C1OS(=O)(=O)[O-])C(O)CO[C@@H]1C(NC(C)=O)[C@H](O[C@@H]2C(C(=O)OC)O[C@@H](O[C@H](C(CO)NC(C)=O)[C@@H](OS(=O)(=O)[O-])C(O)COS(=O)(=O)[O-])[C@@H](O)C2O[C@@H]2OC(C)[C@@H](OS(=O)(=O)[O-])[C@H](O)C2OS(=O)(=O)[O-])OC(COS(=O)(=O)[O-])[C@@H]1OS(=O)(=O)[O-].[Na+].[Na+].[Na+].[Na+].[Na+].[Na+].[Na+].[Na+]. The van der Waals surface area contributed by atoms with Crippen LogP contribution in [0.15, 0.2) is 11.8 Å². The predicted molar refractivity (Wildman–Crippen MR) is 301 cm³/mol. The Kier molecular flexibility index (Phi) is 59.5. The number of amides is 2. The van der Waals surface area contributed by atoms with E-state index in [1.54, 1.807) is 0 Å². The summed E-state index contributed by atoms with van der Waals surface area (Å²) in [5, 5.41) is 82.8. The number of ether oxygens (including phenoxy) is 11. The molecule has 0 spiro atoms. The second kappa shape index (κ2) is 53.7. The zero-order valence-electron chi connectivity index (χ0n) is 61.5. The standard InChI is InChI=1S/C42H70N2O54S8.8Na/c1-12-26(93-101(62,63)64)23(51)33(97-105(74,75)76)41(85-12)87-20(7-17(48)37(54)80-5)18(49)9-82-31-22(44-15(4)47)39(88-21(11-84-100(59,60)61)30(31)96-104(71,72)73)91-35-32(90-42-34(98-106(77,78)79)24(52)27(13(2)86-42)94-102(65,66)67)25(53)40(92-36(35)38(55)81-6)89-28(16(8-45)43-14(3)46)29(95-103(68,69)70)19(50)10-83-99(56,57)58;;;;;;;;/h7,12-13,16,18-36,39-42,45,48-53H,8-11H2,1-6H3,(H,43,46)(H,44,47)(H,56,57,58)(H,59,60,61)(H,62,63,64)(H,65,66,67)(H,68,69,70)(H,71,72,73)(H,74,75,76)(H,77,78,79);;;;;;;;/q;8*+1/p-8/b17-7-;;;;;;;;/t12?,13?,16?,18?,19?,20-,21?,22?,23-,24-,25-,26+,27+,28+,29-,30-,31+,32?,33?,34?,35-,36?,39-,40+,41-,42-;;;;;;;;/m0......../s1. The van der Waals surface area contributed by atoms with Gasteiger partial charge in [0, 0.05) is 13.8 Å². The zero-order chi connectivity index (χ0) is 81.3. The molecule has 0 aliphatic carbocycles. The molecule has 0 saturated carbocycles. The van der Waals surface area contributed by atoms with Crippen molar-refractivity contribution in [1.82, 2.24) is 10.6 Å². The van der Waals surface area contributed by atoms with Crippen LogP contribution in [0, 0.1) is 0 Å². The first kappa shape index (κ1) is 126. The second-order valence-corrected chi connectivity index (χ2v) is 29.8. The minimum absolute atomic E-state index is 0. The summed E-state index contributed by atoms with van der Waals surface area (Å²) in [4.78, 5) is 52.7. The third kappa shape index (κ3) is 42.8. The number of hydrogen-bond acceptors (Lipinski definition) is 54. The molecule has 2 amide bonds. The van der Waals surface area contributed by atoms with Crippen LogP contribution in [0.25, 0.3) is 0 Å². The number of aliphatic hydroxyl groups is 7. The summed E-state index contributed by atoms with van der Waals surface area (Å²) >= 11 is 0. The molecule has 620 valence electrons. The third-order valence-electron chi connectivity index (χ3n) is 14.0. The summed E-state index contributed by atoms with van der Waals surface area (Å²) in [6.07, 6.45) is -70.3. The summed E-state index contributed by atoms with van der Waals surface area (Å²) in [6, 6.07) is -5.26. The van der Waals surface area contributed by atoms with E-state index in [1.807, 2.05) is 10.6 Å². The Hall–Kier alpha value is 3.78. The maximum Gasteiger partial charge on any atom is 1.00 e. The van der Waals surface area contributed by atoms with E-state index in [0.29, 0.717) is 35.0 Å². The quantitative estimate of drug-likeness (QED) is 0.00689. The average Bonchev–Trinajstić information content (AvgIpc) is 0.763. The smallest absolute Gasteiger partial charge is 0.726 e. The zero-order valence-corrected chi connectivity index (χ0v) is 84.0. The van der Waals surface area contributed by atoms with Crippen LogP contribution in [0.2, 0.25) is 0 Å². The molecule has 4 aliphatic heterocycles. The van der Waals surface area contributed by atoms with E-state index in [-0.39, 0.29) is 243 Å². The summed E-state index contributed by atoms with van der Waals surface area (Å²) in [5.41, 5.74) is 0. The van der Waals surface area contributed by atoms with E-state index in [1.165, 1.54) is 0 Å². The van der Waals surface area contributed by atoms with Crippen LogP contribution in [0.3, 0.4) is 0 Å². The van der Waals surface area contributed by atoms with Crippen molar-refractivity contribution in [2.75, 3.05) is 40.6 Å². The Labute approximate surface area is 825 Å². The van der Waals surface area contributed by atoms with Crippen molar-refractivity contribution in [3.8, 4) is 0 Å². The number of hydrogen-bond donors (Lipinski definition) is 9. The number of methoxy groups -OCH3 is 2. The minimum atomic E-state index is -6.46. The predicted octanol–water partition coefficient (Wildman–Crippen LogP) is -38.5. The monoisotopic (exact) mass is 1900 g/mol. The summed E-state index contributed by atoms with van der Waals surface area (Å²) < 4.78 is 382. The Morgan fingerprint density at radius 2 is 0.912 bits per heavy atom. The molecule has 0 bridgehead atoms. The fourth-order valence-corrected chi connectivity index (χ4v) is 13.7. The van der Waals surface area contributed by atoms with E-state index < -0.39 is 298 Å². The molecule has 4 saturated heterocycles. The first-order valence-corrected chi connectivity index (χ1v) is 38.9. The first-order chi connectivity index (χ1) is 48.2. The van der Waals surface area contributed by atoms with Crippen LogP contribution < -0.4 is 247 Å². The first-order valence-electron chi connectivity index (χ1n) is 28.2. The van der Waals surface area contributed by atoms with Gasteiger partial charge < -0.3 is 135 Å². The van der Waals surface area contributed by atoms with Gasteiger partial charge in [-0.1, -0.05) is 0 Å². The van der Waals surface area contributed by atoms with Crippen LogP contribution in [-0.2, 0) is 188 Å². The van der Waals surface area contributed by atoms with Crippen molar-refractivity contribution in [2.24, 2.45) is 0 Å². The van der Waals surface area contributed by atoms with Gasteiger partial charge in [0.2, 0.25) is 95.0 Å². The van der Waals surface area contributed by atoms with Gasteiger partial charge in [0.05, 0.1) is 58.9 Å². The summed E-state index contributed by atoms with van der Waals surface area (Å²) in [6.45, 7) is -4.94. The van der Waals surface area contributed by atoms with Crippen LogP contribution in [0.4, 0.5) is 0 Å². The maximum absolute atomic E-state index is 14.3. The van der Waals surface area contributed by atoms with Gasteiger partial charge in [0.1, 0.15) is 97.6 Å². The van der Waals surface area contributed by atoms with Gasteiger partial charge in [0.15, 0.2) is 49.2 Å². The molecular weight excluding hydrogens is 1840 g/mol. The van der Waals surface area contributed by atoms with Gasteiger partial charge in [-0.15, -0.1) is 0 Å². The molecule has 0 aromatic rings. The van der Waals surface area contributed by atoms with Gasteiger partial charge in [-0.3, -0.25) is 43.1 Å². The van der Waals surface area contributed by atoms with Crippen molar-refractivity contribution < 1.29 is 481 Å². The number of nitrogens with one attached hydrogen (secondary N) is 2. The molecule has 114 heavy (non-hydrogen) atoms. The van der Waals surface area contributed by atoms with Crippen molar-refractivity contribution in [2.45, 2.75) is 187 Å². The van der Waals surface area contributed by atoms with Gasteiger partial charge in [-0.05, 0) is 19.9 Å². The second-order valence-electron chi connectivity index (χ2n) is 21.7. The molecule has 0 aromatic heterocycles. The minimum Gasteiger partial charge on any atom is -0.726 e. The van der Waals surface area contributed by atoms with Crippen molar-refractivity contribution >= 4 is 107 Å². The van der Waals surface area contributed by atoms with Gasteiger partial charge >= 0.3 is 248 Å². The molecule has 56 nitrogen and oxygen atoms in total. The number of aliphatic hydroxyl groups excluding tert-OH is 7. The molecule has 26 atom stereocenters. The number of rotatable bonds is 39. The molecule has 72 heteroatoms. The van der Waals surface area contributed by atoms with Crippen molar-refractivity contribution in [3.63, 3.8) is 0 Å². The molecule has 4 rings (SSSR count). The molecule has 4 fully saturated rings. The van der Waals surface area contributed by atoms with E-state index in [4.69, 9.17) is 47.4 Å². The number of carbonyl (C=O) groups is 4. The van der Waals surface area contributed by atoms with E-state index in [9.17, 15) is 159 Å². The fraction of sp³-hybridized carbons (Fsp3) is 0.857. The molecule has 11 unspecified atom stereocenters. The number of esters is 2. The Morgan fingerprint density at radius 1 is 0.474 bits per heavy atom. The topological polar surface area (TPSA) is 867 Å². The molecule has 0 aromatic carbocycles. The van der Waals surface area contributed by atoms with Crippen molar-refractivity contribution in [3.05, 3.63) is 11.8 Å². The molecule has 0 radical (unpaired) electrons. The Balaban J connectivity index is -0.00000495. The number of carbonyl (C=O) groups excluding carboxylic acids is 4. The molecule has 4 aliphatic rings. The third-order valence-corrected chi connectivity index (χ3v) is 17.6. The maximum atomic E-state index is 14.3. The fourth-order valence-electron chi connectivity index (χ4n) is 10.0. The van der Waals surface area contributed by atoms with Gasteiger partial charge in [-0.2, -0.15) is 0 Å². The van der Waals surface area contributed by atoms with Crippen LogP contribution in [0.1, 0.15) is 27.7 Å². The van der Waals surface area contributed by atoms with E-state index >= 15 is 0 Å².